The monoisotopic (exact) mass is 420 g/mol. The van der Waals surface area contributed by atoms with E-state index < -0.39 is 11.7 Å². The number of nitrogens with one attached hydrogen (secondary N) is 2. The van der Waals surface area contributed by atoms with Gasteiger partial charge in [-0.15, -0.1) is 0 Å². The van der Waals surface area contributed by atoms with Crippen molar-refractivity contribution < 1.29 is 17.6 Å². The number of nitrogens with zero attached hydrogens (tertiary/aromatic N) is 2. The Hall–Kier alpha value is -2.94. The van der Waals surface area contributed by atoms with Crippen LogP contribution < -0.4 is 5.32 Å². The molecule has 0 saturated heterocycles. The Bertz CT molecular complexity index is 1010. The first kappa shape index (κ1) is 19.4. The molecule has 0 bridgehead atoms. The molecule has 4 rings (SSSR count). The Balaban J connectivity index is 1.60. The van der Waals surface area contributed by atoms with Crippen molar-refractivity contribution in [2.75, 3.05) is 11.9 Å². The number of hydrogen-bond donors (Lipinski definition) is 2. The molecule has 9 heteroatoms. The van der Waals surface area contributed by atoms with Gasteiger partial charge in [-0.2, -0.15) is 13.2 Å². The van der Waals surface area contributed by atoms with E-state index in [1.807, 2.05) is 4.90 Å². The third kappa shape index (κ3) is 3.95. The predicted octanol–water partition coefficient (Wildman–Crippen LogP) is 4.91. The van der Waals surface area contributed by atoms with Crippen LogP contribution in [0, 0.1) is 5.82 Å². The maximum absolute atomic E-state index is 13.4. The standard InChI is InChI=1S/C20H16F4N4S/c21-14-5-1-12(2-6-14)18-17-16(25-11-26-17)9-10-28(18)19(29)27-15-7-3-13(4-8-15)20(22,23)24/h1-8,11,18H,9-10H2,(H,25,26)(H,27,29). The van der Waals surface area contributed by atoms with Gasteiger partial charge in [0.15, 0.2) is 5.11 Å². The Morgan fingerprint density at radius 1 is 1.10 bits per heavy atom. The zero-order valence-corrected chi connectivity index (χ0v) is 15.8. The van der Waals surface area contributed by atoms with Crippen molar-refractivity contribution in [3.05, 3.63) is 83.2 Å². The number of aromatic nitrogens is 2. The van der Waals surface area contributed by atoms with Gasteiger partial charge in [0.05, 0.1) is 17.6 Å². The Morgan fingerprint density at radius 3 is 2.45 bits per heavy atom. The summed E-state index contributed by atoms with van der Waals surface area (Å²) in [6.45, 7) is 0.573. The van der Waals surface area contributed by atoms with Gasteiger partial charge in [-0.25, -0.2) is 9.37 Å². The first-order valence-electron chi connectivity index (χ1n) is 8.85. The van der Waals surface area contributed by atoms with E-state index >= 15 is 0 Å². The molecule has 4 nitrogen and oxygen atoms in total. The molecule has 2 heterocycles. The minimum atomic E-state index is -4.39. The minimum Gasteiger partial charge on any atom is -0.348 e. The average molecular weight is 420 g/mol. The van der Waals surface area contributed by atoms with Gasteiger partial charge >= 0.3 is 6.18 Å². The number of hydrogen-bond acceptors (Lipinski definition) is 2. The number of halogens is 4. The van der Waals surface area contributed by atoms with E-state index in [0.29, 0.717) is 23.8 Å². The first-order valence-corrected chi connectivity index (χ1v) is 9.26. The number of anilines is 1. The van der Waals surface area contributed by atoms with Crippen LogP contribution in [0.3, 0.4) is 0 Å². The largest absolute Gasteiger partial charge is 0.416 e. The van der Waals surface area contributed by atoms with E-state index in [1.54, 1.807) is 18.5 Å². The molecular weight excluding hydrogens is 404 g/mol. The summed E-state index contributed by atoms with van der Waals surface area (Å²) in [4.78, 5) is 9.43. The van der Waals surface area contributed by atoms with E-state index in [1.165, 1.54) is 24.3 Å². The second-order valence-corrected chi connectivity index (χ2v) is 7.06. The van der Waals surface area contributed by atoms with Gasteiger partial charge in [-0.05, 0) is 54.2 Å². The Kier molecular flexibility index (Phi) is 4.99. The fraction of sp³-hybridized carbons (Fsp3) is 0.200. The maximum atomic E-state index is 13.4. The van der Waals surface area contributed by atoms with Crippen LogP contribution >= 0.6 is 12.2 Å². The molecule has 29 heavy (non-hydrogen) atoms. The fourth-order valence-electron chi connectivity index (χ4n) is 3.42. The quantitative estimate of drug-likeness (QED) is 0.457. The summed E-state index contributed by atoms with van der Waals surface area (Å²) in [5.74, 6) is -0.344. The van der Waals surface area contributed by atoms with Gasteiger partial charge in [0.25, 0.3) is 0 Å². The number of thiocarbonyl (C=S) groups is 1. The normalized spacial score (nSPS) is 16.4. The lowest BCUT2D eigenvalue weighted by Crippen LogP contribution is -2.43. The van der Waals surface area contributed by atoms with Crippen molar-refractivity contribution in [1.82, 2.24) is 14.9 Å². The van der Waals surface area contributed by atoms with Crippen molar-refractivity contribution in [2.24, 2.45) is 0 Å². The lowest BCUT2D eigenvalue weighted by atomic mass is 9.96. The van der Waals surface area contributed by atoms with Gasteiger partial charge in [-0.1, -0.05) is 12.1 Å². The molecule has 1 unspecified atom stereocenters. The van der Waals surface area contributed by atoms with Crippen LogP contribution in [0.1, 0.15) is 28.6 Å². The van der Waals surface area contributed by atoms with Crippen LogP contribution in [0.25, 0.3) is 0 Å². The smallest absolute Gasteiger partial charge is 0.348 e. The van der Waals surface area contributed by atoms with Crippen LogP contribution in [0.4, 0.5) is 23.2 Å². The average Bonchev–Trinajstić information content (AvgIpc) is 3.16. The molecular formula is C20H16F4N4S. The van der Waals surface area contributed by atoms with E-state index in [0.717, 1.165) is 29.1 Å². The maximum Gasteiger partial charge on any atom is 0.416 e. The molecule has 0 amide bonds. The van der Waals surface area contributed by atoms with Gasteiger partial charge in [-0.3, -0.25) is 0 Å². The molecule has 1 aliphatic heterocycles. The number of alkyl halides is 3. The SMILES string of the molecule is Fc1ccc(C2c3nc[nH]c3CCN2C(=S)Nc2ccc(C(F)(F)F)cc2)cc1. The molecule has 2 N–H and O–H groups in total. The van der Waals surface area contributed by atoms with Gasteiger partial charge in [0, 0.05) is 24.3 Å². The number of imidazole rings is 1. The summed E-state index contributed by atoms with van der Waals surface area (Å²) < 4.78 is 51.7. The number of fused-ring (bicyclic) bond motifs is 1. The zero-order valence-electron chi connectivity index (χ0n) is 15.0. The molecule has 1 atom stereocenters. The highest BCUT2D eigenvalue weighted by Gasteiger charge is 2.33. The van der Waals surface area contributed by atoms with Crippen molar-refractivity contribution in [1.29, 1.82) is 0 Å². The highest BCUT2D eigenvalue weighted by atomic mass is 32.1. The van der Waals surface area contributed by atoms with Crippen LogP contribution in [-0.2, 0) is 12.6 Å². The van der Waals surface area contributed by atoms with E-state index in [9.17, 15) is 17.6 Å². The van der Waals surface area contributed by atoms with Crippen molar-refractivity contribution in [3.8, 4) is 0 Å². The van der Waals surface area contributed by atoms with E-state index in [4.69, 9.17) is 12.2 Å². The van der Waals surface area contributed by atoms with Crippen LogP contribution in [-0.4, -0.2) is 26.5 Å². The fourth-order valence-corrected chi connectivity index (χ4v) is 3.73. The van der Waals surface area contributed by atoms with Crippen LogP contribution in [0.15, 0.2) is 54.9 Å². The molecule has 0 radical (unpaired) electrons. The molecule has 0 fully saturated rings. The number of rotatable bonds is 2. The summed E-state index contributed by atoms with van der Waals surface area (Å²) in [6.07, 6.45) is -2.10. The molecule has 1 aromatic heterocycles. The summed E-state index contributed by atoms with van der Waals surface area (Å²) >= 11 is 5.55. The highest BCUT2D eigenvalue weighted by molar-refractivity contribution is 7.80. The Morgan fingerprint density at radius 2 is 1.79 bits per heavy atom. The van der Waals surface area contributed by atoms with Gasteiger partial charge in [0.2, 0.25) is 0 Å². The van der Waals surface area contributed by atoms with Crippen molar-refractivity contribution in [2.45, 2.75) is 18.6 Å². The highest BCUT2D eigenvalue weighted by Crippen LogP contribution is 2.34. The Labute approximate surface area is 169 Å². The van der Waals surface area contributed by atoms with Crippen LogP contribution in [0.5, 0.6) is 0 Å². The van der Waals surface area contributed by atoms with Gasteiger partial charge < -0.3 is 15.2 Å². The summed E-state index contributed by atoms with van der Waals surface area (Å²) in [5, 5.41) is 3.36. The van der Waals surface area contributed by atoms with Crippen molar-refractivity contribution in [3.63, 3.8) is 0 Å². The molecule has 150 valence electrons. The zero-order chi connectivity index (χ0) is 20.6. The first-order chi connectivity index (χ1) is 13.8. The molecule has 2 aromatic carbocycles. The second-order valence-electron chi connectivity index (χ2n) is 6.67. The lowest BCUT2D eigenvalue weighted by molar-refractivity contribution is -0.137. The van der Waals surface area contributed by atoms with E-state index in [2.05, 4.69) is 15.3 Å². The third-order valence-corrected chi connectivity index (χ3v) is 5.17. The lowest BCUT2D eigenvalue weighted by Gasteiger charge is -2.37. The van der Waals surface area contributed by atoms with Gasteiger partial charge in [0.1, 0.15) is 11.9 Å². The third-order valence-electron chi connectivity index (χ3n) is 4.84. The van der Waals surface area contributed by atoms with Crippen LogP contribution in [0.2, 0.25) is 0 Å². The molecule has 1 aliphatic rings. The molecule has 0 aliphatic carbocycles. The summed E-state index contributed by atoms with van der Waals surface area (Å²) in [6, 6.07) is 10.5. The summed E-state index contributed by atoms with van der Waals surface area (Å²) in [7, 11) is 0. The second kappa shape index (κ2) is 7.47. The molecule has 0 spiro atoms. The molecule has 3 aromatic rings. The minimum absolute atomic E-state index is 0.333. The summed E-state index contributed by atoms with van der Waals surface area (Å²) in [5.41, 5.74) is 2.31. The van der Waals surface area contributed by atoms with Crippen molar-refractivity contribution >= 4 is 23.0 Å². The topological polar surface area (TPSA) is 44.0 Å². The number of benzene rings is 2. The number of aromatic amines is 1. The number of H-pyrrole nitrogens is 1. The predicted molar refractivity (Wildman–Crippen MR) is 105 cm³/mol. The molecule has 0 saturated carbocycles. The van der Waals surface area contributed by atoms with E-state index in [-0.39, 0.29) is 11.9 Å².